The number of nitrogens with one attached hydrogen (secondary N) is 1. The first kappa shape index (κ1) is 16.3. The van der Waals surface area contributed by atoms with E-state index in [2.05, 4.69) is 12.2 Å². The van der Waals surface area contributed by atoms with E-state index in [9.17, 15) is 15.3 Å². The highest BCUT2D eigenvalue weighted by molar-refractivity contribution is 5.28. The van der Waals surface area contributed by atoms with Crippen molar-refractivity contribution >= 4 is 0 Å². The lowest BCUT2D eigenvalue weighted by Crippen LogP contribution is -2.30. The standard InChI is InChI=1S/C18H23NO3/c1-13(5-6-14-3-2-4-17(21)11-14)19-12-18(22)15-7-9-16(20)10-8-15/h2-4,7-11,13,18-22H,5-6,12H2,1H3/t13-,18+/m1/s1. The van der Waals surface area contributed by atoms with Crippen LogP contribution in [0.1, 0.15) is 30.6 Å². The molecule has 0 amide bonds. The molecule has 2 aromatic carbocycles. The number of phenols is 2. The number of hydrogen-bond donors (Lipinski definition) is 4. The molecule has 0 saturated carbocycles. The largest absolute Gasteiger partial charge is 0.508 e. The first-order valence-electron chi connectivity index (χ1n) is 7.53. The van der Waals surface area contributed by atoms with Crippen LogP contribution in [0.25, 0.3) is 0 Å². The van der Waals surface area contributed by atoms with Crippen LogP contribution >= 0.6 is 0 Å². The summed E-state index contributed by atoms with van der Waals surface area (Å²) < 4.78 is 0. The van der Waals surface area contributed by atoms with Gasteiger partial charge in [-0.3, -0.25) is 0 Å². The molecule has 2 atom stereocenters. The molecule has 0 aliphatic carbocycles. The summed E-state index contributed by atoms with van der Waals surface area (Å²) in [6, 6.07) is 14.1. The van der Waals surface area contributed by atoms with Gasteiger partial charge in [-0.15, -0.1) is 0 Å². The van der Waals surface area contributed by atoms with Crippen LogP contribution in [0.2, 0.25) is 0 Å². The molecule has 0 radical (unpaired) electrons. The van der Waals surface area contributed by atoms with Crippen LogP contribution in [-0.2, 0) is 6.42 Å². The van der Waals surface area contributed by atoms with Crippen LogP contribution in [-0.4, -0.2) is 27.9 Å². The summed E-state index contributed by atoms with van der Waals surface area (Å²) >= 11 is 0. The van der Waals surface area contributed by atoms with Crippen LogP contribution in [0.5, 0.6) is 11.5 Å². The molecule has 0 saturated heterocycles. The molecule has 2 rings (SSSR count). The van der Waals surface area contributed by atoms with Crippen molar-refractivity contribution < 1.29 is 15.3 Å². The van der Waals surface area contributed by atoms with Gasteiger partial charge in [0.2, 0.25) is 0 Å². The second kappa shape index (κ2) is 7.82. The number of aryl methyl sites for hydroxylation is 1. The Hall–Kier alpha value is -2.04. The summed E-state index contributed by atoms with van der Waals surface area (Å²) in [6.45, 7) is 2.54. The summed E-state index contributed by atoms with van der Waals surface area (Å²) in [4.78, 5) is 0. The maximum Gasteiger partial charge on any atom is 0.115 e. The minimum atomic E-state index is -0.594. The second-order valence-corrected chi connectivity index (χ2v) is 5.63. The van der Waals surface area contributed by atoms with Crippen molar-refractivity contribution in [2.45, 2.75) is 31.9 Å². The smallest absolute Gasteiger partial charge is 0.115 e. The fourth-order valence-corrected chi connectivity index (χ4v) is 2.32. The Balaban J connectivity index is 1.75. The number of aromatic hydroxyl groups is 2. The normalized spacial score (nSPS) is 13.7. The highest BCUT2D eigenvalue weighted by Gasteiger charge is 2.09. The number of aliphatic hydroxyl groups is 1. The van der Waals surface area contributed by atoms with Gasteiger partial charge >= 0.3 is 0 Å². The van der Waals surface area contributed by atoms with Crippen molar-refractivity contribution in [2.75, 3.05) is 6.54 Å². The molecule has 4 nitrogen and oxygen atoms in total. The van der Waals surface area contributed by atoms with Crippen molar-refractivity contribution in [2.24, 2.45) is 0 Å². The molecular weight excluding hydrogens is 278 g/mol. The van der Waals surface area contributed by atoms with E-state index >= 15 is 0 Å². The molecule has 0 spiro atoms. The zero-order valence-corrected chi connectivity index (χ0v) is 12.7. The first-order chi connectivity index (χ1) is 10.5. The summed E-state index contributed by atoms with van der Waals surface area (Å²) in [6.07, 6.45) is 1.20. The van der Waals surface area contributed by atoms with Gasteiger partial charge in [0.15, 0.2) is 0 Å². The van der Waals surface area contributed by atoms with Crippen molar-refractivity contribution in [3.05, 3.63) is 59.7 Å². The summed E-state index contributed by atoms with van der Waals surface area (Å²) in [5, 5.41) is 32.1. The van der Waals surface area contributed by atoms with Gasteiger partial charge in [0.1, 0.15) is 11.5 Å². The second-order valence-electron chi connectivity index (χ2n) is 5.63. The molecule has 0 unspecified atom stereocenters. The third kappa shape index (κ3) is 5.06. The third-order valence-corrected chi connectivity index (χ3v) is 3.71. The Morgan fingerprint density at radius 1 is 1.00 bits per heavy atom. The zero-order chi connectivity index (χ0) is 15.9. The minimum Gasteiger partial charge on any atom is -0.508 e. The van der Waals surface area contributed by atoms with E-state index < -0.39 is 6.10 Å². The first-order valence-corrected chi connectivity index (χ1v) is 7.53. The molecule has 0 heterocycles. The fourth-order valence-electron chi connectivity index (χ4n) is 2.32. The van der Waals surface area contributed by atoms with E-state index in [4.69, 9.17) is 0 Å². The molecular formula is C18H23NO3. The van der Waals surface area contributed by atoms with Crippen molar-refractivity contribution in [1.29, 1.82) is 0 Å². The summed E-state index contributed by atoms with van der Waals surface area (Å²) in [5.41, 5.74) is 1.89. The van der Waals surface area contributed by atoms with E-state index in [0.29, 0.717) is 12.3 Å². The van der Waals surface area contributed by atoms with E-state index in [-0.39, 0.29) is 11.8 Å². The monoisotopic (exact) mass is 301 g/mol. The van der Waals surface area contributed by atoms with Gasteiger partial charge in [-0.05, 0) is 55.2 Å². The number of rotatable bonds is 7. The topological polar surface area (TPSA) is 72.7 Å². The number of benzene rings is 2. The lowest BCUT2D eigenvalue weighted by atomic mass is 10.0. The molecule has 0 bridgehead atoms. The van der Waals surface area contributed by atoms with Crippen molar-refractivity contribution in [1.82, 2.24) is 5.32 Å². The predicted molar refractivity (Wildman–Crippen MR) is 87.0 cm³/mol. The average molecular weight is 301 g/mol. The minimum absolute atomic E-state index is 0.198. The van der Waals surface area contributed by atoms with Gasteiger partial charge in [0.05, 0.1) is 6.10 Å². The van der Waals surface area contributed by atoms with Gasteiger partial charge in [0, 0.05) is 12.6 Å². The van der Waals surface area contributed by atoms with Crippen molar-refractivity contribution in [3.8, 4) is 11.5 Å². The Labute approximate surface area is 131 Å². The third-order valence-electron chi connectivity index (χ3n) is 3.71. The SMILES string of the molecule is C[C@H](CCc1cccc(O)c1)NC[C@H](O)c1ccc(O)cc1. The Kier molecular flexibility index (Phi) is 5.81. The molecule has 2 aromatic rings. The molecule has 118 valence electrons. The zero-order valence-electron chi connectivity index (χ0n) is 12.7. The maximum absolute atomic E-state index is 10.1. The lowest BCUT2D eigenvalue weighted by molar-refractivity contribution is 0.170. The highest BCUT2D eigenvalue weighted by atomic mass is 16.3. The summed E-state index contributed by atoms with van der Waals surface area (Å²) in [5.74, 6) is 0.490. The van der Waals surface area contributed by atoms with Crippen molar-refractivity contribution in [3.63, 3.8) is 0 Å². The number of hydrogen-bond acceptors (Lipinski definition) is 4. The maximum atomic E-state index is 10.1. The number of phenolic OH excluding ortho intramolecular Hbond substituents is 2. The van der Waals surface area contributed by atoms with E-state index in [1.54, 1.807) is 36.4 Å². The van der Waals surface area contributed by atoms with Gasteiger partial charge in [-0.2, -0.15) is 0 Å². The molecule has 0 aromatic heterocycles. The molecule has 4 N–H and O–H groups in total. The van der Waals surface area contributed by atoms with Crippen LogP contribution in [0, 0.1) is 0 Å². The van der Waals surface area contributed by atoms with E-state index in [1.165, 1.54) is 0 Å². The van der Waals surface area contributed by atoms with E-state index in [1.807, 2.05) is 12.1 Å². The van der Waals surface area contributed by atoms with Gasteiger partial charge in [-0.25, -0.2) is 0 Å². The number of aliphatic hydroxyl groups excluding tert-OH is 1. The van der Waals surface area contributed by atoms with Crippen LogP contribution in [0.15, 0.2) is 48.5 Å². The van der Waals surface area contributed by atoms with Gasteiger partial charge in [0.25, 0.3) is 0 Å². The predicted octanol–water partition coefficient (Wildman–Crippen LogP) is 2.74. The van der Waals surface area contributed by atoms with E-state index in [0.717, 1.165) is 24.0 Å². The van der Waals surface area contributed by atoms with Crippen LogP contribution in [0.3, 0.4) is 0 Å². The molecule has 4 heteroatoms. The fraction of sp³-hybridized carbons (Fsp3) is 0.333. The summed E-state index contributed by atoms with van der Waals surface area (Å²) in [7, 11) is 0. The Bertz CT molecular complexity index is 583. The highest BCUT2D eigenvalue weighted by Crippen LogP contribution is 2.17. The Morgan fingerprint density at radius 2 is 1.73 bits per heavy atom. The quantitative estimate of drug-likeness (QED) is 0.634. The molecule has 0 aliphatic heterocycles. The molecule has 0 aliphatic rings. The Morgan fingerprint density at radius 3 is 2.41 bits per heavy atom. The van der Waals surface area contributed by atoms with Gasteiger partial charge < -0.3 is 20.6 Å². The lowest BCUT2D eigenvalue weighted by Gasteiger charge is -2.17. The van der Waals surface area contributed by atoms with Crippen LogP contribution < -0.4 is 5.32 Å². The molecule has 22 heavy (non-hydrogen) atoms. The molecule has 0 fully saturated rings. The van der Waals surface area contributed by atoms with Crippen LogP contribution in [0.4, 0.5) is 0 Å². The average Bonchev–Trinajstić information content (AvgIpc) is 2.51. The van der Waals surface area contributed by atoms with Gasteiger partial charge in [-0.1, -0.05) is 24.3 Å².